The molecule has 1 aromatic heterocycles. The van der Waals surface area contributed by atoms with E-state index in [1.165, 1.54) is 11.1 Å². The summed E-state index contributed by atoms with van der Waals surface area (Å²) in [7, 11) is 1.69. The van der Waals surface area contributed by atoms with E-state index in [2.05, 4.69) is 27.4 Å². The molecule has 1 atom stereocenters. The molecule has 0 spiro atoms. The first kappa shape index (κ1) is 15.6. The van der Waals surface area contributed by atoms with Crippen LogP contribution in [0.5, 0.6) is 5.75 Å². The number of imidazole rings is 1. The predicted molar refractivity (Wildman–Crippen MR) is 88.7 cm³/mol. The van der Waals surface area contributed by atoms with Crippen molar-refractivity contribution in [3.63, 3.8) is 0 Å². The first-order valence-electron chi connectivity index (χ1n) is 8.09. The summed E-state index contributed by atoms with van der Waals surface area (Å²) in [5.41, 5.74) is 4.46. The summed E-state index contributed by atoms with van der Waals surface area (Å²) in [6, 6.07) is 6.27. The molecule has 3 rings (SSSR count). The highest BCUT2D eigenvalue weighted by Crippen LogP contribution is 2.33. The molecule has 0 saturated carbocycles. The van der Waals surface area contributed by atoms with Gasteiger partial charge in [0.05, 0.1) is 25.6 Å². The molecule has 0 aliphatic heterocycles. The van der Waals surface area contributed by atoms with Crippen molar-refractivity contribution in [3.05, 3.63) is 47.0 Å². The molecule has 23 heavy (non-hydrogen) atoms. The number of carbonyl (C=O) groups is 1. The van der Waals surface area contributed by atoms with Gasteiger partial charge in [-0.05, 0) is 49.4 Å². The number of aromatic nitrogens is 2. The minimum Gasteiger partial charge on any atom is -0.497 e. The molecule has 2 aromatic rings. The number of nitrogens with one attached hydrogen (secondary N) is 2. The van der Waals surface area contributed by atoms with E-state index in [0.717, 1.165) is 36.4 Å². The summed E-state index contributed by atoms with van der Waals surface area (Å²) in [5, 5.41) is 3.06. The topological polar surface area (TPSA) is 67.0 Å². The Kier molecular flexibility index (Phi) is 4.65. The summed E-state index contributed by atoms with van der Waals surface area (Å²) >= 11 is 0. The molecular weight excluding hydrogens is 290 g/mol. The van der Waals surface area contributed by atoms with E-state index in [9.17, 15) is 4.79 Å². The third kappa shape index (κ3) is 3.55. The SMILES string of the molecule is COc1ccc2c(c1)CCCC2CNC(=O)Cc1nc[nH]c1C. The van der Waals surface area contributed by atoms with Crippen molar-refractivity contribution in [3.8, 4) is 5.75 Å². The summed E-state index contributed by atoms with van der Waals surface area (Å²) in [5.74, 6) is 1.32. The lowest BCUT2D eigenvalue weighted by Gasteiger charge is -2.26. The van der Waals surface area contributed by atoms with Crippen LogP contribution in [0.25, 0.3) is 0 Å². The van der Waals surface area contributed by atoms with Crippen LogP contribution in [0.4, 0.5) is 0 Å². The lowest BCUT2D eigenvalue weighted by Crippen LogP contribution is -2.31. The van der Waals surface area contributed by atoms with E-state index in [4.69, 9.17) is 4.74 Å². The van der Waals surface area contributed by atoms with Gasteiger partial charge in [0, 0.05) is 18.2 Å². The van der Waals surface area contributed by atoms with E-state index in [1.54, 1.807) is 13.4 Å². The van der Waals surface area contributed by atoms with Crippen LogP contribution in [0.1, 0.15) is 41.3 Å². The number of aromatic amines is 1. The monoisotopic (exact) mass is 313 g/mol. The van der Waals surface area contributed by atoms with Crippen LogP contribution in [0.2, 0.25) is 0 Å². The molecule has 122 valence electrons. The fraction of sp³-hybridized carbons (Fsp3) is 0.444. The number of fused-ring (bicyclic) bond motifs is 1. The van der Waals surface area contributed by atoms with E-state index < -0.39 is 0 Å². The van der Waals surface area contributed by atoms with Gasteiger partial charge in [0.25, 0.3) is 0 Å². The number of hydrogen-bond acceptors (Lipinski definition) is 3. The number of rotatable bonds is 5. The van der Waals surface area contributed by atoms with Crippen LogP contribution < -0.4 is 10.1 Å². The Bertz CT molecular complexity index is 693. The van der Waals surface area contributed by atoms with E-state index in [0.29, 0.717) is 18.9 Å². The smallest absolute Gasteiger partial charge is 0.226 e. The summed E-state index contributed by atoms with van der Waals surface area (Å²) < 4.78 is 5.30. The van der Waals surface area contributed by atoms with Gasteiger partial charge in [0.15, 0.2) is 0 Å². The highest BCUT2D eigenvalue weighted by atomic mass is 16.5. The number of methoxy groups -OCH3 is 1. The molecule has 0 fully saturated rings. The molecule has 1 amide bonds. The Labute approximate surface area is 136 Å². The van der Waals surface area contributed by atoms with Crippen molar-refractivity contribution in [2.75, 3.05) is 13.7 Å². The Morgan fingerprint density at radius 1 is 1.48 bits per heavy atom. The minimum absolute atomic E-state index is 0.0286. The number of aryl methyl sites for hydroxylation is 2. The van der Waals surface area contributed by atoms with Gasteiger partial charge in [-0.1, -0.05) is 6.07 Å². The van der Waals surface area contributed by atoms with Crippen molar-refractivity contribution in [2.45, 2.75) is 38.5 Å². The molecule has 0 radical (unpaired) electrons. The largest absolute Gasteiger partial charge is 0.497 e. The van der Waals surface area contributed by atoms with Crippen molar-refractivity contribution >= 4 is 5.91 Å². The van der Waals surface area contributed by atoms with Gasteiger partial charge in [-0.2, -0.15) is 0 Å². The first-order chi connectivity index (χ1) is 11.2. The molecule has 5 heteroatoms. The Morgan fingerprint density at radius 2 is 2.35 bits per heavy atom. The molecule has 1 unspecified atom stereocenters. The van der Waals surface area contributed by atoms with Crippen LogP contribution in [0.15, 0.2) is 24.5 Å². The maximum absolute atomic E-state index is 12.1. The highest BCUT2D eigenvalue weighted by Gasteiger charge is 2.21. The molecule has 5 nitrogen and oxygen atoms in total. The molecule has 1 aliphatic carbocycles. The third-order valence-corrected chi connectivity index (χ3v) is 4.60. The first-order valence-corrected chi connectivity index (χ1v) is 8.09. The zero-order chi connectivity index (χ0) is 16.2. The summed E-state index contributed by atoms with van der Waals surface area (Å²) in [6.45, 7) is 2.61. The minimum atomic E-state index is 0.0286. The second kappa shape index (κ2) is 6.86. The highest BCUT2D eigenvalue weighted by molar-refractivity contribution is 5.78. The molecule has 1 aromatic carbocycles. The van der Waals surface area contributed by atoms with Crippen molar-refractivity contribution in [1.82, 2.24) is 15.3 Å². The third-order valence-electron chi connectivity index (χ3n) is 4.60. The van der Waals surface area contributed by atoms with Gasteiger partial charge < -0.3 is 15.0 Å². The number of H-pyrrole nitrogens is 1. The predicted octanol–water partition coefficient (Wildman–Crippen LogP) is 2.51. The van der Waals surface area contributed by atoms with E-state index in [-0.39, 0.29) is 5.91 Å². The molecule has 1 heterocycles. The molecule has 0 bridgehead atoms. The average Bonchev–Trinajstić information content (AvgIpc) is 2.97. The fourth-order valence-corrected chi connectivity index (χ4v) is 3.25. The van der Waals surface area contributed by atoms with Crippen LogP contribution in [-0.4, -0.2) is 29.5 Å². The molecule has 1 aliphatic rings. The number of amides is 1. The van der Waals surface area contributed by atoms with Crippen LogP contribution in [0, 0.1) is 6.92 Å². The van der Waals surface area contributed by atoms with E-state index >= 15 is 0 Å². The van der Waals surface area contributed by atoms with Gasteiger partial charge in [0.2, 0.25) is 5.91 Å². The number of hydrogen-bond donors (Lipinski definition) is 2. The zero-order valence-electron chi connectivity index (χ0n) is 13.7. The maximum Gasteiger partial charge on any atom is 0.226 e. The number of benzene rings is 1. The normalized spacial score (nSPS) is 16.7. The molecule has 2 N–H and O–H groups in total. The van der Waals surface area contributed by atoms with Gasteiger partial charge in [-0.3, -0.25) is 4.79 Å². The second-order valence-corrected chi connectivity index (χ2v) is 6.11. The van der Waals surface area contributed by atoms with Gasteiger partial charge in [-0.15, -0.1) is 0 Å². The lowest BCUT2D eigenvalue weighted by molar-refractivity contribution is -0.120. The Balaban J connectivity index is 1.61. The van der Waals surface area contributed by atoms with Crippen molar-refractivity contribution in [1.29, 1.82) is 0 Å². The Hall–Kier alpha value is -2.30. The van der Waals surface area contributed by atoms with Gasteiger partial charge in [-0.25, -0.2) is 4.98 Å². The van der Waals surface area contributed by atoms with E-state index in [1.807, 2.05) is 13.0 Å². The van der Waals surface area contributed by atoms with Crippen LogP contribution in [-0.2, 0) is 17.6 Å². The fourth-order valence-electron chi connectivity index (χ4n) is 3.25. The van der Waals surface area contributed by atoms with Crippen LogP contribution >= 0.6 is 0 Å². The number of carbonyl (C=O) groups excluding carboxylic acids is 1. The molecular formula is C18H23N3O2. The average molecular weight is 313 g/mol. The van der Waals surface area contributed by atoms with Crippen molar-refractivity contribution in [2.24, 2.45) is 0 Å². The Morgan fingerprint density at radius 3 is 3.09 bits per heavy atom. The summed E-state index contributed by atoms with van der Waals surface area (Å²) in [6.07, 6.45) is 5.31. The van der Waals surface area contributed by atoms with Crippen LogP contribution in [0.3, 0.4) is 0 Å². The van der Waals surface area contributed by atoms with Crippen molar-refractivity contribution < 1.29 is 9.53 Å². The maximum atomic E-state index is 12.1. The zero-order valence-corrected chi connectivity index (χ0v) is 13.7. The van der Waals surface area contributed by atoms with Gasteiger partial charge in [0.1, 0.15) is 5.75 Å². The summed E-state index contributed by atoms with van der Waals surface area (Å²) in [4.78, 5) is 19.3. The standard InChI is InChI=1S/C18H23N3O2/c1-12-17(21-11-20-12)9-18(22)19-10-14-5-3-4-13-8-15(23-2)6-7-16(13)14/h6-8,11,14H,3-5,9-10H2,1-2H3,(H,19,22)(H,20,21). The van der Waals surface area contributed by atoms with Gasteiger partial charge >= 0.3 is 0 Å². The number of nitrogens with zero attached hydrogens (tertiary/aromatic N) is 1. The quantitative estimate of drug-likeness (QED) is 0.891. The number of ether oxygens (including phenoxy) is 1. The second-order valence-electron chi connectivity index (χ2n) is 6.11. The lowest BCUT2D eigenvalue weighted by atomic mass is 9.82. The molecule has 0 saturated heterocycles.